The van der Waals surface area contributed by atoms with Crippen LogP contribution in [0.25, 0.3) is 0 Å². The van der Waals surface area contributed by atoms with Gasteiger partial charge in [0.25, 0.3) is 0 Å². The maximum atomic E-state index is 10.2. The zero-order chi connectivity index (χ0) is 15.0. The van der Waals surface area contributed by atoms with Gasteiger partial charge in [-0.25, -0.2) is 0 Å². The summed E-state index contributed by atoms with van der Waals surface area (Å²) in [6, 6.07) is 0. The standard InChI is InChI=1S/C18H30O2/c1-13(7-5-11-17(2,3)20)14-9-10-15-16(19)8-6-12-18(14,15)4/h10,16,19-20H,5-9,11-12H2,1-4H3. The quantitative estimate of drug-likeness (QED) is 0.759. The summed E-state index contributed by atoms with van der Waals surface area (Å²) in [5, 5.41) is 20.0. The predicted molar refractivity (Wildman–Crippen MR) is 83.5 cm³/mol. The lowest BCUT2D eigenvalue weighted by Gasteiger charge is -2.38. The summed E-state index contributed by atoms with van der Waals surface area (Å²) in [4.78, 5) is 0. The molecule has 2 N–H and O–H groups in total. The van der Waals surface area contributed by atoms with E-state index in [0.717, 1.165) is 38.5 Å². The minimum absolute atomic E-state index is 0.108. The highest BCUT2D eigenvalue weighted by Crippen LogP contribution is 2.53. The Morgan fingerprint density at radius 3 is 2.80 bits per heavy atom. The van der Waals surface area contributed by atoms with Gasteiger partial charge in [-0.1, -0.05) is 24.1 Å². The molecule has 0 radical (unpaired) electrons. The summed E-state index contributed by atoms with van der Waals surface area (Å²) in [7, 11) is 0. The second kappa shape index (κ2) is 5.65. The predicted octanol–water partition coefficient (Wildman–Crippen LogP) is 4.13. The van der Waals surface area contributed by atoms with Crippen LogP contribution in [0.5, 0.6) is 0 Å². The third-order valence-electron chi connectivity index (χ3n) is 5.20. The lowest BCUT2D eigenvalue weighted by molar-refractivity contribution is 0.0689. The maximum absolute atomic E-state index is 10.2. The van der Waals surface area contributed by atoms with E-state index >= 15 is 0 Å². The van der Waals surface area contributed by atoms with E-state index < -0.39 is 5.60 Å². The van der Waals surface area contributed by atoms with E-state index in [1.165, 1.54) is 23.1 Å². The number of rotatable bonds is 4. The second-order valence-corrected chi connectivity index (χ2v) is 7.53. The van der Waals surface area contributed by atoms with Crippen molar-refractivity contribution in [2.75, 3.05) is 0 Å². The van der Waals surface area contributed by atoms with Crippen molar-refractivity contribution in [1.29, 1.82) is 0 Å². The molecule has 114 valence electrons. The largest absolute Gasteiger partial charge is 0.390 e. The van der Waals surface area contributed by atoms with Gasteiger partial charge >= 0.3 is 0 Å². The molecule has 0 amide bonds. The molecule has 2 rings (SSSR count). The van der Waals surface area contributed by atoms with E-state index in [4.69, 9.17) is 0 Å². The van der Waals surface area contributed by atoms with Crippen molar-refractivity contribution < 1.29 is 10.2 Å². The molecule has 0 saturated heterocycles. The first kappa shape index (κ1) is 15.8. The molecule has 0 aromatic carbocycles. The summed E-state index contributed by atoms with van der Waals surface area (Å²) >= 11 is 0. The molecule has 1 saturated carbocycles. The highest BCUT2D eigenvalue weighted by Gasteiger charge is 2.42. The summed E-state index contributed by atoms with van der Waals surface area (Å²) < 4.78 is 0. The molecule has 0 aromatic rings. The van der Waals surface area contributed by atoms with Crippen LogP contribution in [0.3, 0.4) is 0 Å². The molecule has 0 heterocycles. The van der Waals surface area contributed by atoms with E-state index in [0.29, 0.717) is 0 Å². The van der Waals surface area contributed by atoms with Gasteiger partial charge in [-0.3, -0.25) is 0 Å². The molecule has 0 bridgehead atoms. The SMILES string of the molecule is CC(CCCC(C)(C)O)=C1CC=C2C(O)CCCC21C. The van der Waals surface area contributed by atoms with Crippen LogP contribution in [-0.4, -0.2) is 21.9 Å². The van der Waals surface area contributed by atoms with Crippen molar-refractivity contribution in [3.05, 3.63) is 22.8 Å². The molecule has 2 aliphatic rings. The van der Waals surface area contributed by atoms with Crippen molar-refractivity contribution in [3.63, 3.8) is 0 Å². The van der Waals surface area contributed by atoms with Crippen LogP contribution in [0.1, 0.15) is 72.6 Å². The molecule has 1 fully saturated rings. The van der Waals surface area contributed by atoms with E-state index in [9.17, 15) is 10.2 Å². The fourth-order valence-corrected chi connectivity index (χ4v) is 4.02. The molecule has 2 aliphatic carbocycles. The first-order chi connectivity index (χ1) is 9.24. The fraction of sp³-hybridized carbons (Fsp3) is 0.778. The highest BCUT2D eigenvalue weighted by atomic mass is 16.3. The van der Waals surface area contributed by atoms with Crippen LogP contribution in [-0.2, 0) is 0 Å². The van der Waals surface area contributed by atoms with Gasteiger partial charge in [-0.2, -0.15) is 0 Å². The summed E-state index contributed by atoms with van der Waals surface area (Å²) in [5.41, 5.74) is 3.81. The Bertz CT molecular complexity index is 425. The minimum Gasteiger partial charge on any atom is -0.390 e. The molecule has 2 heteroatoms. The van der Waals surface area contributed by atoms with Gasteiger partial charge in [0.15, 0.2) is 0 Å². The first-order valence-electron chi connectivity index (χ1n) is 8.04. The van der Waals surface area contributed by atoms with E-state index in [2.05, 4.69) is 19.9 Å². The molecule has 2 nitrogen and oxygen atoms in total. The number of hydrogen-bond acceptors (Lipinski definition) is 2. The van der Waals surface area contributed by atoms with Crippen LogP contribution in [0.15, 0.2) is 22.8 Å². The minimum atomic E-state index is -0.561. The monoisotopic (exact) mass is 278 g/mol. The molecule has 0 aromatic heterocycles. The summed E-state index contributed by atoms with van der Waals surface area (Å²) in [6.07, 6.45) is 9.21. The summed E-state index contributed by atoms with van der Waals surface area (Å²) in [6.45, 7) is 8.30. The maximum Gasteiger partial charge on any atom is 0.0758 e. The number of fused-ring (bicyclic) bond motifs is 1. The van der Waals surface area contributed by atoms with E-state index in [-0.39, 0.29) is 11.5 Å². The van der Waals surface area contributed by atoms with E-state index in [1.807, 2.05) is 13.8 Å². The average Bonchev–Trinajstić information content (AvgIpc) is 2.66. The van der Waals surface area contributed by atoms with Crippen molar-refractivity contribution in [3.8, 4) is 0 Å². The highest BCUT2D eigenvalue weighted by molar-refractivity contribution is 5.42. The van der Waals surface area contributed by atoms with Crippen LogP contribution in [0.2, 0.25) is 0 Å². The van der Waals surface area contributed by atoms with Crippen LogP contribution in [0.4, 0.5) is 0 Å². The van der Waals surface area contributed by atoms with Crippen molar-refractivity contribution in [1.82, 2.24) is 0 Å². The Balaban J connectivity index is 2.07. The van der Waals surface area contributed by atoms with Crippen LogP contribution < -0.4 is 0 Å². The zero-order valence-corrected chi connectivity index (χ0v) is 13.5. The molecule has 2 atom stereocenters. The molecular formula is C18H30O2. The van der Waals surface area contributed by atoms with Gasteiger partial charge in [0.1, 0.15) is 0 Å². The summed E-state index contributed by atoms with van der Waals surface area (Å²) in [5.74, 6) is 0. The molecule has 20 heavy (non-hydrogen) atoms. The smallest absolute Gasteiger partial charge is 0.0758 e. The molecule has 0 aliphatic heterocycles. The topological polar surface area (TPSA) is 40.5 Å². The van der Waals surface area contributed by atoms with Gasteiger partial charge < -0.3 is 10.2 Å². The van der Waals surface area contributed by atoms with Gasteiger partial charge in [0, 0.05) is 5.41 Å². The van der Waals surface area contributed by atoms with Gasteiger partial charge in [0.05, 0.1) is 11.7 Å². The lowest BCUT2D eigenvalue weighted by atomic mass is 9.68. The zero-order valence-electron chi connectivity index (χ0n) is 13.5. The normalized spacial score (nSPS) is 32.9. The van der Waals surface area contributed by atoms with Crippen molar-refractivity contribution in [2.45, 2.75) is 84.3 Å². The fourth-order valence-electron chi connectivity index (χ4n) is 4.02. The number of aliphatic hydroxyl groups excluding tert-OH is 1. The van der Waals surface area contributed by atoms with Crippen LogP contribution in [0, 0.1) is 5.41 Å². The van der Waals surface area contributed by atoms with Crippen molar-refractivity contribution >= 4 is 0 Å². The van der Waals surface area contributed by atoms with Crippen molar-refractivity contribution in [2.24, 2.45) is 5.41 Å². The third kappa shape index (κ3) is 3.17. The van der Waals surface area contributed by atoms with Crippen LogP contribution >= 0.6 is 0 Å². The first-order valence-corrected chi connectivity index (χ1v) is 8.04. The lowest BCUT2D eigenvalue weighted by Crippen LogP contribution is -2.31. The van der Waals surface area contributed by atoms with Gasteiger partial charge in [0.2, 0.25) is 0 Å². The molecule has 2 unspecified atom stereocenters. The number of allylic oxidation sites excluding steroid dienone is 3. The Morgan fingerprint density at radius 2 is 2.15 bits per heavy atom. The third-order valence-corrected chi connectivity index (χ3v) is 5.20. The molecular weight excluding hydrogens is 248 g/mol. The Kier molecular flexibility index (Phi) is 4.46. The molecule has 0 spiro atoms. The second-order valence-electron chi connectivity index (χ2n) is 7.53. The van der Waals surface area contributed by atoms with E-state index in [1.54, 1.807) is 0 Å². The number of hydrogen-bond donors (Lipinski definition) is 2. The number of aliphatic hydroxyl groups is 2. The van der Waals surface area contributed by atoms with Gasteiger partial charge in [-0.15, -0.1) is 0 Å². The Labute approximate surface area is 123 Å². The van der Waals surface area contributed by atoms with Gasteiger partial charge in [-0.05, 0) is 71.3 Å². The Morgan fingerprint density at radius 1 is 1.45 bits per heavy atom. The Hall–Kier alpha value is -0.600. The average molecular weight is 278 g/mol.